The molecule has 224 valence electrons. The Morgan fingerprint density at radius 1 is 0.911 bits per heavy atom. The van der Waals surface area contributed by atoms with Crippen molar-refractivity contribution in [3.8, 4) is 6.07 Å². The molecule has 0 fully saturated rings. The molecule has 2 atom stereocenters. The topological polar surface area (TPSA) is 114 Å². The molecule has 8 nitrogen and oxygen atoms in total. The van der Waals surface area contributed by atoms with Crippen molar-refractivity contribution in [3.63, 3.8) is 0 Å². The number of rotatable bonds is 7. The fraction of sp³-hybridized carbons (Fsp3) is 0.118. The van der Waals surface area contributed by atoms with Crippen LogP contribution in [-0.4, -0.2) is 34.9 Å². The van der Waals surface area contributed by atoms with E-state index in [1.54, 1.807) is 35.7 Å². The van der Waals surface area contributed by atoms with Crippen LogP contribution in [0.5, 0.6) is 0 Å². The molecule has 1 aliphatic heterocycles. The van der Waals surface area contributed by atoms with Crippen LogP contribution in [0.3, 0.4) is 0 Å². The van der Waals surface area contributed by atoms with E-state index < -0.39 is 0 Å². The normalized spacial score (nSPS) is 16.2. The van der Waals surface area contributed by atoms with Gasteiger partial charge in [-0.15, -0.1) is 34.9 Å². The molecule has 6 rings (SSSR count). The van der Waals surface area contributed by atoms with Crippen LogP contribution in [-0.2, 0) is 4.79 Å². The number of nitrogens with zero attached hydrogens (tertiary/aromatic N) is 2. The van der Waals surface area contributed by atoms with Gasteiger partial charge in [0.15, 0.2) is 0 Å². The predicted molar refractivity (Wildman–Crippen MR) is 184 cm³/mol. The zero-order chi connectivity index (χ0) is 31.3. The molecule has 1 aromatic heterocycles. The Morgan fingerprint density at radius 3 is 2.49 bits per heavy atom. The van der Waals surface area contributed by atoms with Crippen LogP contribution < -0.4 is 20.9 Å². The Kier molecular flexibility index (Phi) is 9.07. The Hall–Kier alpha value is -4.76. The minimum Gasteiger partial charge on any atom is -0.321 e. The number of anilines is 4. The highest BCUT2D eigenvalue weighted by molar-refractivity contribution is 8.00. The number of urea groups is 1. The number of hydrogen-bond donors (Lipinski definition) is 3. The number of carbonyl (C=O) groups excluding carboxylic acids is 3. The van der Waals surface area contributed by atoms with E-state index in [0.717, 1.165) is 26.8 Å². The lowest BCUT2D eigenvalue weighted by molar-refractivity contribution is -0.113. The van der Waals surface area contributed by atoms with Crippen LogP contribution in [0.2, 0.25) is 0 Å². The molecule has 4 aromatic rings. The smallest absolute Gasteiger partial charge is 0.321 e. The molecule has 45 heavy (non-hydrogen) atoms. The molecule has 0 bridgehead atoms. The number of thiophene rings is 1. The number of carbonyl (C=O) groups is 3. The van der Waals surface area contributed by atoms with Gasteiger partial charge in [0.05, 0.1) is 33.2 Å². The summed E-state index contributed by atoms with van der Waals surface area (Å²) in [6, 6.07) is 26.1. The number of fused-ring (bicyclic) bond motifs is 2. The summed E-state index contributed by atoms with van der Waals surface area (Å²) in [5, 5.41) is 18.9. The van der Waals surface area contributed by atoms with Crippen molar-refractivity contribution in [2.75, 3.05) is 26.6 Å². The maximum absolute atomic E-state index is 13.6. The van der Waals surface area contributed by atoms with Gasteiger partial charge in [0.2, 0.25) is 5.91 Å². The zero-order valence-electron chi connectivity index (χ0n) is 24.0. The molecule has 2 aliphatic rings. The number of nitriles is 1. The third-order valence-corrected chi connectivity index (χ3v) is 10.7. The third kappa shape index (κ3) is 6.68. The second-order valence-electron chi connectivity index (χ2n) is 10.2. The van der Waals surface area contributed by atoms with Gasteiger partial charge in [-0.05, 0) is 55.0 Å². The van der Waals surface area contributed by atoms with Gasteiger partial charge in [-0.25, -0.2) is 4.79 Å². The lowest BCUT2D eigenvalue weighted by Crippen LogP contribution is -2.49. The van der Waals surface area contributed by atoms with Gasteiger partial charge in [0.25, 0.3) is 5.91 Å². The van der Waals surface area contributed by atoms with Crippen LogP contribution in [0, 0.1) is 18.3 Å². The van der Waals surface area contributed by atoms with E-state index in [1.807, 2.05) is 85.0 Å². The lowest BCUT2D eigenvalue weighted by Gasteiger charge is -2.40. The summed E-state index contributed by atoms with van der Waals surface area (Å²) in [5.74, 6) is -0.581. The maximum Gasteiger partial charge on any atom is 0.326 e. The summed E-state index contributed by atoms with van der Waals surface area (Å²) in [5.41, 5.74) is 2.90. The number of nitrogens with one attached hydrogen (secondary N) is 3. The standard InChI is InChI=1S/C34H27N5O3S3/c1-21-25(19-35)33(45-31(21)32(41)36-22-10-3-2-4-11-22)38-30(40)20-43-24-13-9-12-23(18-24)37-34(42)39-26-14-5-7-16-28(26)44-29-17-8-6-15-27(29)39/h2-18,26,28H,20H2,1H3,(H,36,41)(H,37,42)(H,38,40). The molecule has 0 radical (unpaired) electrons. The zero-order valence-corrected chi connectivity index (χ0v) is 26.5. The van der Waals surface area contributed by atoms with Gasteiger partial charge >= 0.3 is 6.03 Å². The number of amides is 4. The highest BCUT2D eigenvalue weighted by Gasteiger charge is 2.36. The fourth-order valence-corrected chi connectivity index (χ4v) is 8.13. The minimum atomic E-state index is -0.341. The second-order valence-corrected chi connectivity index (χ2v) is 13.5. The summed E-state index contributed by atoms with van der Waals surface area (Å²) in [7, 11) is 0. The first-order chi connectivity index (χ1) is 21.9. The van der Waals surface area contributed by atoms with Crippen molar-refractivity contribution in [2.45, 2.75) is 28.0 Å². The molecule has 0 saturated carbocycles. The van der Waals surface area contributed by atoms with E-state index in [1.165, 1.54) is 11.8 Å². The Labute approximate surface area is 273 Å². The molecule has 1 aliphatic carbocycles. The van der Waals surface area contributed by atoms with Crippen molar-refractivity contribution in [1.82, 2.24) is 0 Å². The molecule has 4 amide bonds. The molecule has 2 unspecified atom stereocenters. The van der Waals surface area contributed by atoms with Crippen molar-refractivity contribution in [3.05, 3.63) is 119 Å². The number of thioether (sulfide) groups is 2. The molecule has 3 aromatic carbocycles. The second kappa shape index (κ2) is 13.5. The van der Waals surface area contributed by atoms with Crippen molar-refractivity contribution >= 4 is 74.8 Å². The van der Waals surface area contributed by atoms with Gasteiger partial charge < -0.3 is 16.0 Å². The van der Waals surface area contributed by atoms with E-state index in [2.05, 4.69) is 28.1 Å². The molecule has 2 heterocycles. The highest BCUT2D eigenvalue weighted by atomic mass is 32.2. The van der Waals surface area contributed by atoms with E-state index >= 15 is 0 Å². The first-order valence-corrected chi connectivity index (χ1v) is 16.7. The van der Waals surface area contributed by atoms with E-state index in [4.69, 9.17) is 0 Å². The van der Waals surface area contributed by atoms with Crippen molar-refractivity contribution in [2.24, 2.45) is 0 Å². The lowest BCUT2D eigenvalue weighted by atomic mass is 10.1. The highest BCUT2D eigenvalue weighted by Crippen LogP contribution is 2.43. The van der Waals surface area contributed by atoms with Crippen molar-refractivity contribution < 1.29 is 14.4 Å². The fourth-order valence-electron chi connectivity index (χ4n) is 5.05. The molecular formula is C34H27N5O3S3. The molecule has 11 heteroatoms. The van der Waals surface area contributed by atoms with Crippen LogP contribution >= 0.6 is 34.9 Å². The molecule has 0 spiro atoms. The SMILES string of the molecule is Cc1c(C(=O)Nc2ccccc2)sc(NC(=O)CSc2cccc(NC(=O)N3c4ccccc4SC4C=CC=CC43)c2)c1C#N. The summed E-state index contributed by atoms with van der Waals surface area (Å²) >= 11 is 4.13. The Bertz CT molecular complexity index is 1880. The molecule has 3 N–H and O–H groups in total. The summed E-state index contributed by atoms with van der Waals surface area (Å²) in [6.45, 7) is 1.70. The predicted octanol–water partition coefficient (Wildman–Crippen LogP) is 7.92. The largest absolute Gasteiger partial charge is 0.326 e. The average Bonchev–Trinajstić information content (AvgIpc) is 3.37. The third-order valence-electron chi connectivity index (χ3n) is 7.17. The quantitative estimate of drug-likeness (QED) is 0.175. The van der Waals surface area contributed by atoms with Crippen LogP contribution in [0.4, 0.5) is 26.9 Å². The van der Waals surface area contributed by atoms with Gasteiger partial charge in [-0.3, -0.25) is 14.5 Å². The number of allylic oxidation sites excluding steroid dienone is 2. The van der Waals surface area contributed by atoms with E-state index in [9.17, 15) is 19.6 Å². The van der Waals surface area contributed by atoms with Gasteiger partial charge in [-0.1, -0.05) is 60.7 Å². The first kappa shape index (κ1) is 30.3. The van der Waals surface area contributed by atoms with Crippen molar-refractivity contribution in [1.29, 1.82) is 5.26 Å². The minimum absolute atomic E-state index is 0.0718. The van der Waals surface area contributed by atoms with Crippen LogP contribution in [0.1, 0.15) is 20.8 Å². The van der Waals surface area contributed by atoms with Gasteiger partial charge in [-0.2, -0.15) is 5.26 Å². The Morgan fingerprint density at radius 2 is 1.67 bits per heavy atom. The van der Waals surface area contributed by atoms with E-state index in [-0.39, 0.29) is 40.5 Å². The monoisotopic (exact) mass is 649 g/mol. The van der Waals surface area contributed by atoms with Gasteiger partial charge in [0, 0.05) is 21.2 Å². The van der Waals surface area contributed by atoms with E-state index in [0.29, 0.717) is 26.8 Å². The number of hydrogen-bond acceptors (Lipinski definition) is 7. The maximum atomic E-state index is 13.6. The number of benzene rings is 3. The molecular weight excluding hydrogens is 623 g/mol. The van der Waals surface area contributed by atoms with Crippen LogP contribution in [0.25, 0.3) is 0 Å². The molecule has 0 saturated heterocycles. The number of para-hydroxylation sites is 2. The Balaban J connectivity index is 1.10. The first-order valence-electron chi connectivity index (χ1n) is 14.0. The average molecular weight is 650 g/mol. The summed E-state index contributed by atoms with van der Waals surface area (Å²) in [4.78, 5) is 43.5. The van der Waals surface area contributed by atoms with Crippen LogP contribution in [0.15, 0.2) is 113 Å². The summed E-state index contributed by atoms with van der Waals surface area (Å²) in [6.07, 6.45) is 8.14. The summed E-state index contributed by atoms with van der Waals surface area (Å²) < 4.78 is 0. The van der Waals surface area contributed by atoms with Gasteiger partial charge in [0.1, 0.15) is 11.1 Å².